The molecule has 2 rings (SSSR count). The zero-order valence-electron chi connectivity index (χ0n) is 12.9. The summed E-state index contributed by atoms with van der Waals surface area (Å²) < 4.78 is 0. The highest BCUT2D eigenvalue weighted by Crippen LogP contribution is 2.35. The zero-order valence-corrected chi connectivity index (χ0v) is 12.9. The Bertz CT molecular complexity index is 529. The monoisotopic (exact) mass is 266 g/mol. The van der Waals surface area contributed by atoms with Crippen molar-refractivity contribution >= 4 is 11.6 Å². The lowest BCUT2D eigenvalue weighted by Crippen LogP contribution is -2.00. The van der Waals surface area contributed by atoms with Crippen molar-refractivity contribution < 1.29 is 0 Å². The van der Waals surface area contributed by atoms with Gasteiger partial charge in [0.15, 0.2) is 0 Å². The average Bonchev–Trinajstić information content (AvgIpc) is 2.47. The molecule has 0 fully saturated rings. The highest BCUT2D eigenvalue weighted by atomic mass is 14.2. The second-order valence-corrected chi connectivity index (χ2v) is 5.67. The van der Waals surface area contributed by atoms with Crippen molar-refractivity contribution in [3.8, 4) is 0 Å². The summed E-state index contributed by atoms with van der Waals surface area (Å²) in [7, 11) is 0. The molecule has 0 amide bonds. The van der Waals surface area contributed by atoms with Gasteiger partial charge in [0.1, 0.15) is 0 Å². The van der Waals surface area contributed by atoms with Gasteiger partial charge in [-0.3, -0.25) is 0 Å². The van der Waals surface area contributed by atoms with Crippen LogP contribution in [0.4, 0.5) is 0 Å². The van der Waals surface area contributed by atoms with E-state index in [0.717, 1.165) is 0 Å². The molecular formula is C20H26. The molecular weight excluding hydrogens is 240 g/mol. The molecule has 0 nitrogen and oxygen atoms in total. The third-order valence-corrected chi connectivity index (χ3v) is 4.33. The minimum Gasteiger partial charge on any atom is -0.0984 e. The molecule has 0 heterocycles. The molecule has 0 aromatic heterocycles. The molecule has 1 aliphatic carbocycles. The standard InChI is InChI=1S/C20H26/c1-4-17-13-10-11-15-20(17)18(5-2)19-14-9-7-6-8-12-16(19)3/h4-5,10-11,13,15H,1,6-9,12,14H2,2-3H3/b18-5-,19-16+. The van der Waals surface area contributed by atoms with E-state index in [-0.39, 0.29) is 0 Å². The second kappa shape index (κ2) is 7.28. The van der Waals surface area contributed by atoms with Gasteiger partial charge in [0.25, 0.3) is 0 Å². The Morgan fingerprint density at radius 2 is 1.75 bits per heavy atom. The van der Waals surface area contributed by atoms with E-state index in [2.05, 4.69) is 50.8 Å². The van der Waals surface area contributed by atoms with E-state index in [1.807, 2.05) is 6.08 Å². The summed E-state index contributed by atoms with van der Waals surface area (Å²) in [5.41, 5.74) is 7.14. The fraction of sp³-hybridized carbons (Fsp3) is 0.400. The number of hydrogen-bond donors (Lipinski definition) is 0. The molecule has 0 bridgehead atoms. The lowest BCUT2D eigenvalue weighted by Gasteiger charge is -2.20. The maximum absolute atomic E-state index is 3.96. The van der Waals surface area contributed by atoms with Gasteiger partial charge >= 0.3 is 0 Å². The quantitative estimate of drug-likeness (QED) is 0.593. The van der Waals surface area contributed by atoms with Gasteiger partial charge in [-0.25, -0.2) is 0 Å². The van der Waals surface area contributed by atoms with Crippen LogP contribution in [-0.4, -0.2) is 0 Å². The molecule has 0 radical (unpaired) electrons. The minimum absolute atomic E-state index is 1.22. The summed E-state index contributed by atoms with van der Waals surface area (Å²) >= 11 is 0. The number of hydrogen-bond acceptors (Lipinski definition) is 0. The Labute approximate surface area is 123 Å². The van der Waals surface area contributed by atoms with Crippen LogP contribution < -0.4 is 0 Å². The van der Waals surface area contributed by atoms with Gasteiger partial charge in [-0.15, -0.1) is 0 Å². The molecule has 0 N–H and O–H groups in total. The van der Waals surface area contributed by atoms with Gasteiger partial charge in [0.05, 0.1) is 0 Å². The largest absolute Gasteiger partial charge is 0.0984 e. The summed E-state index contributed by atoms with van der Waals surface area (Å²) in [5.74, 6) is 0. The van der Waals surface area contributed by atoms with Crippen molar-refractivity contribution in [1.29, 1.82) is 0 Å². The smallest absolute Gasteiger partial charge is 0.0112 e. The molecule has 20 heavy (non-hydrogen) atoms. The summed E-state index contributed by atoms with van der Waals surface area (Å²) in [6, 6.07) is 8.61. The van der Waals surface area contributed by atoms with E-state index in [1.54, 1.807) is 11.1 Å². The second-order valence-electron chi connectivity index (χ2n) is 5.67. The number of rotatable bonds is 3. The van der Waals surface area contributed by atoms with Gasteiger partial charge in [0, 0.05) is 0 Å². The molecule has 0 aliphatic heterocycles. The average molecular weight is 266 g/mol. The van der Waals surface area contributed by atoms with Crippen LogP contribution in [-0.2, 0) is 0 Å². The van der Waals surface area contributed by atoms with Crippen molar-refractivity contribution in [3.05, 3.63) is 59.2 Å². The number of allylic oxidation sites excluding steroid dienone is 4. The van der Waals surface area contributed by atoms with Crippen LogP contribution >= 0.6 is 0 Å². The van der Waals surface area contributed by atoms with Crippen molar-refractivity contribution in [1.82, 2.24) is 0 Å². The highest BCUT2D eigenvalue weighted by Gasteiger charge is 2.14. The van der Waals surface area contributed by atoms with Gasteiger partial charge in [0.2, 0.25) is 0 Å². The molecule has 0 saturated heterocycles. The first-order valence-corrected chi connectivity index (χ1v) is 7.85. The SMILES string of the molecule is C=Cc1ccccc1C(=C\C)/C1=C(\C)CCCCCC1. The van der Waals surface area contributed by atoms with Crippen LogP contribution in [0.5, 0.6) is 0 Å². The molecule has 0 unspecified atom stereocenters. The van der Waals surface area contributed by atoms with Gasteiger partial charge in [-0.1, -0.05) is 61.4 Å². The topological polar surface area (TPSA) is 0 Å². The van der Waals surface area contributed by atoms with Crippen LogP contribution in [0.15, 0.2) is 48.1 Å². The Morgan fingerprint density at radius 3 is 2.45 bits per heavy atom. The Balaban J connectivity index is 2.45. The molecule has 1 aromatic rings. The van der Waals surface area contributed by atoms with E-state index in [0.29, 0.717) is 0 Å². The first kappa shape index (κ1) is 14.8. The van der Waals surface area contributed by atoms with Crippen molar-refractivity contribution in [2.75, 3.05) is 0 Å². The van der Waals surface area contributed by atoms with E-state index < -0.39 is 0 Å². The van der Waals surface area contributed by atoms with E-state index in [9.17, 15) is 0 Å². The zero-order chi connectivity index (χ0) is 14.4. The van der Waals surface area contributed by atoms with Crippen molar-refractivity contribution in [2.24, 2.45) is 0 Å². The van der Waals surface area contributed by atoms with Crippen molar-refractivity contribution in [2.45, 2.75) is 52.4 Å². The van der Waals surface area contributed by atoms with Crippen LogP contribution in [0.2, 0.25) is 0 Å². The fourth-order valence-corrected chi connectivity index (χ4v) is 3.19. The highest BCUT2D eigenvalue weighted by molar-refractivity contribution is 5.84. The molecule has 1 aromatic carbocycles. The number of benzene rings is 1. The molecule has 0 atom stereocenters. The Kier molecular flexibility index (Phi) is 5.40. The minimum atomic E-state index is 1.22. The van der Waals surface area contributed by atoms with Gasteiger partial charge < -0.3 is 0 Å². The van der Waals surface area contributed by atoms with Crippen LogP contribution in [0.1, 0.15) is 63.5 Å². The molecule has 0 heteroatoms. The predicted molar refractivity (Wildman–Crippen MR) is 90.6 cm³/mol. The summed E-state index contributed by atoms with van der Waals surface area (Å²) in [6.45, 7) is 8.44. The van der Waals surface area contributed by atoms with Crippen LogP contribution in [0.25, 0.3) is 11.6 Å². The van der Waals surface area contributed by atoms with Crippen molar-refractivity contribution in [3.63, 3.8) is 0 Å². The Morgan fingerprint density at radius 1 is 1.05 bits per heavy atom. The van der Waals surface area contributed by atoms with E-state index in [4.69, 9.17) is 0 Å². The van der Waals surface area contributed by atoms with Gasteiger partial charge in [-0.05, 0) is 61.8 Å². The first-order valence-electron chi connectivity index (χ1n) is 7.85. The van der Waals surface area contributed by atoms with E-state index in [1.165, 1.54) is 55.2 Å². The normalized spacial score (nSPS) is 21.2. The third kappa shape index (κ3) is 3.30. The van der Waals surface area contributed by atoms with Crippen LogP contribution in [0.3, 0.4) is 0 Å². The molecule has 0 saturated carbocycles. The maximum atomic E-state index is 3.96. The predicted octanol–water partition coefficient (Wildman–Crippen LogP) is 6.40. The maximum Gasteiger partial charge on any atom is -0.0112 e. The van der Waals surface area contributed by atoms with Crippen LogP contribution in [0, 0.1) is 0 Å². The summed E-state index contributed by atoms with van der Waals surface area (Å²) in [5, 5.41) is 0. The first-order chi connectivity index (χ1) is 9.77. The molecule has 106 valence electrons. The summed E-state index contributed by atoms with van der Waals surface area (Å²) in [6.07, 6.45) is 12.1. The molecule has 0 spiro atoms. The van der Waals surface area contributed by atoms with Gasteiger partial charge in [-0.2, -0.15) is 0 Å². The fourth-order valence-electron chi connectivity index (χ4n) is 3.19. The third-order valence-electron chi connectivity index (χ3n) is 4.33. The summed E-state index contributed by atoms with van der Waals surface area (Å²) in [4.78, 5) is 0. The lowest BCUT2D eigenvalue weighted by molar-refractivity contribution is 0.617. The molecule has 1 aliphatic rings. The lowest BCUT2D eigenvalue weighted by atomic mass is 9.85. The van der Waals surface area contributed by atoms with E-state index >= 15 is 0 Å². The Hall–Kier alpha value is -1.56.